The van der Waals surface area contributed by atoms with Crippen LogP contribution in [0.4, 0.5) is 0 Å². The molecule has 1 aromatic heterocycles. The average molecular weight is 596 g/mol. The zero-order valence-corrected chi connectivity index (χ0v) is 25.7. The van der Waals surface area contributed by atoms with Gasteiger partial charge in [0.05, 0.1) is 11.0 Å². The summed E-state index contributed by atoms with van der Waals surface area (Å²) in [5, 5.41) is 12.9. The van der Waals surface area contributed by atoms with Gasteiger partial charge in [0.25, 0.3) is 0 Å². The highest BCUT2D eigenvalue weighted by Crippen LogP contribution is 2.42. The molecule has 1 nitrogen and oxygen atoms in total. The van der Waals surface area contributed by atoms with E-state index in [4.69, 9.17) is 0 Å². The number of benzene rings is 9. The van der Waals surface area contributed by atoms with Crippen LogP contribution in [0.3, 0.4) is 0 Å². The lowest BCUT2D eigenvalue weighted by atomic mass is 9.92. The Kier molecular flexibility index (Phi) is 5.64. The summed E-state index contributed by atoms with van der Waals surface area (Å²) in [5.74, 6) is 0. The molecule has 9 aromatic carbocycles. The fourth-order valence-corrected chi connectivity index (χ4v) is 7.84. The molecule has 0 saturated carbocycles. The third kappa shape index (κ3) is 3.90. The van der Waals surface area contributed by atoms with Crippen LogP contribution < -0.4 is 0 Å². The van der Waals surface area contributed by atoms with Crippen molar-refractivity contribution in [2.24, 2.45) is 0 Å². The van der Waals surface area contributed by atoms with Gasteiger partial charge in [-0.25, -0.2) is 0 Å². The maximum Gasteiger partial charge on any atom is 0.0619 e. The van der Waals surface area contributed by atoms with Crippen molar-refractivity contribution in [1.29, 1.82) is 0 Å². The molecule has 47 heavy (non-hydrogen) atoms. The zero-order valence-electron chi connectivity index (χ0n) is 25.7. The molecule has 10 aromatic rings. The van der Waals surface area contributed by atoms with Gasteiger partial charge in [-0.2, -0.15) is 0 Å². The Balaban J connectivity index is 1.17. The first-order valence-electron chi connectivity index (χ1n) is 16.3. The van der Waals surface area contributed by atoms with Gasteiger partial charge in [0, 0.05) is 21.8 Å². The van der Waals surface area contributed by atoms with Gasteiger partial charge in [0.1, 0.15) is 0 Å². The average Bonchev–Trinajstić information content (AvgIpc) is 3.49. The normalized spacial score (nSPS) is 11.8. The summed E-state index contributed by atoms with van der Waals surface area (Å²) >= 11 is 0. The van der Waals surface area contributed by atoms with E-state index in [9.17, 15) is 0 Å². The summed E-state index contributed by atoms with van der Waals surface area (Å²) in [7, 11) is 0. The SMILES string of the molecule is c1ccc(-c2cc3c4ccccc4n(-c4ccc(-c5ccc6c7ccccc7c7ccccc7c6c5)cc4)c3c3ccccc23)cc1. The number of fused-ring (bicyclic) bond motifs is 11. The van der Waals surface area contributed by atoms with E-state index in [-0.39, 0.29) is 0 Å². The summed E-state index contributed by atoms with van der Waals surface area (Å²) in [6.45, 7) is 0. The first-order chi connectivity index (χ1) is 23.3. The van der Waals surface area contributed by atoms with Gasteiger partial charge >= 0.3 is 0 Å². The van der Waals surface area contributed by atoms with E-state index in [2.05, 4.69) is 180 Å². The Labute approximate surface area is 272 Å². The third-order valence-corrected chi connectivity index (χ3v) is 9.96. The molecule has 0 aliphatic heterocycles. The Hall–Kier alpha value is -6.18. The number of aromatic nitrogens is 1. The van der Waals surface area contributed by atoms with E-state index >= 15 is 0 Å². The van der Waals surface area contributed by atoms with Gasteiger partial charge in [0.2, 0.25) is 0 Å². The molecule has 10 rings (SSSR count). The minimum absolute atomic E-state index is 1.16. The Bertz CT molecular complexity index is 2790. The molecule has 0 saturated heterocycles. The zero-order chi connectivity index (χ0) is 30.9. The first-order valence-corrected chi connectivity index (χ1v) is 16.3. The van der Waals surface area contributed by atoms with E-state index in [0.29, 0.717) is 0 Å². The van der Waals surface area contributed by atoms with Crippen molar-refractivity contribution >= 4 is 64.9 Å². The Morgan fingerprint density at radius 1 is 0.277 bits per heavy atom. The molecule has 1 heteroatoms. The van der Waals surface area contributed by atoms with Crippen LogP contribution in [-0.2, 0) is 0 Å². The third-order valence-electron chi connectivity index (χ3n) is 9.96. The molecule has 0 fully saturated rings. The Morgan fingerprint density at radius 3 is 1.47 bits per heavy atom. The van der Waals surface area contributed by atoms with Crippen LogP contribution in [0.2, 0.25) is 0 Å². The lowest BCUT2D eigenvalue weighted by molar-refractivity contribution is 1.19. The standard InChI is InChI=1S/C46H29N/c1-2-12-31(13-3-1)42-29-44-40-19-10-11-21-45(40)47(46(44)41-20-9-8-18-38(41)42)33-25-22-30(23-26-33)32-24-27-39-36-16-5-4-14-34(36)35-15-6-7-17-37(35)43(39)28-32/h1-29H. The van der Waals surface area contributed by atoms with Crippen molar-refractivity contribution in [2.75, 3.05) is 0 Å². The quantitative estimate of drug-likeness (QED) is 0.179. The van der Waals surface area contributed by atoms with Gasteiger partial charge in [-0.3, -0.25) is 0 Å². The number of hydrogen-bond acceptors (Lipinski definition) is 0. The molecule has 0 unspecified atom stereocenters. The van der Waals surface area contributed by atoms with Crippen LogP contribution in [0.1, 0.15) is 0 Å². The van der Waals surface area contributed by atoms with Crippen molar-refractivity contribution < 1.29 is 0 Å². The smallest absolute Gasteiger partial charge is 0.0619 e. The van der Waals surface area contributed by atoms with Gasteiger partial charge in [-0.15, -0.1) is 0 Å². The molecule has 1 heterocycles. The lowest BCUT2D eigenvalue weighted by Gasteiger charge is -2.14. The second-order valence-corrected chi connectivity index (χ2v) is 12.5. The Morgan fingerprint density at radius 2 is 0.787 bits per heavy atom. The second kappa shape index (κ2) is 10.2. The maximum atomic E-state index is 2.45. The highest BCUT2D eigenvalue weighted by molar-refractivity contribution is 6.26. The minimum Gasteiger partial charge on any atom is -0.309 e. The monoisotopic (exact) mass is 595 g/mol. The summed E-state index contributed by atoms with van der Waals surface area (Å²) < 4.78 is 2.45. The fourth-order valence-electron chi connectivity index (χ4n) is 7.84. The first kappa shape index (κ1) is 26.1. The van der Waals surface area contributed by atoms with E-state index in [1.807, 2.05) is 0 Å². The van der Waals surface area contributed by atoms with Crippen LogP contribution in [0.25, 0.3) is 92.8 Å². The number of para-hydroxylation sites is 1. The molecule has 218 valence electrons. The minimum atomic E-state index is 1.16. The van der Waals surface area contributed by atoms with E-state index in [1.165, 1.54) is 87.1 Å². The summed E-state index contributed by atoms with van der Waals surface area (Å²) in [4.78, 5) is 0. The van der Waals surface area contributed by atoms with Crippen molar-refractivity contribution in [3.05, 3.63) is 176 Å². The van der Waals surface area contributed by atoms with E-state index in [0.717, 1.165) is 5.69 Å². The number of rotatable bonds is 3. The lowest BCUT2D eigenvalue weighted by Crippen LogP contribution is -1.95. The van der Waals surface area contributed by atoms with Crippen LogP contribution in [0, 0.1) is 0 Å². The van der Waals surface area contributed by atoms with E-state index in [1.54, 1.807) is 0 Å². The summed E-state index contributed by atoms with van der Waals surface area (Å²) in [6.07, 6.45) is 0. The predicted molar refractivity (Wildman–Crippen MR) is 202 cm³/mol. The summed E-state index contributed by atoms with van der Waals surface area (Å²) in [6, 6.07) is 64.4. The predicted octanol–water partition coefficient (Wildman–Crippen LogP) is 12.7. The van der Waals surface area contributed by atoms with Gasteiger partial charge in [-0.1, -0.05) is 146 Å². The topological polar surface area (TPSA) is 4.93 Å². The van der Waals surface area contributed by atoms with Crippen LogP contribution in [0.5, 0.6) is 0 Å². The van der Waals surface area contributed by atoms with Gasteiger partial charge in [0.15, 0.2) is 0 Å². The fraction of sp³-hybridized carbons (Fsp3) is 0. The van der Waals surface area contributed by atoms with Crippen LogP contribution in [0.15, 0.2) is 176 Å². The van der Waals surface area contributed by atoms with Crippen LogP contribution >= 0.6 is 0 Å². The highest BCUT2D eigenvalue weighted by Gasteiger charge is 2.18. The molecule has 0 aliphatic carbocycles. The molecule has 0 amide bonds. The van der Waals surface area contributed by atoms with Crippen molar-refractivity contribution in [3.63, 3.8) is 0 Å². The molecule has 0 N–H and O–H groups in total. The van der Waals surface area contributed by atoms with Gasteiger partial charge < -0.3 is 4.57 Å². The number of nitrogens with zero attached hydrogens (tertiary/aromatic N) is 1. The molecular weight excluding hydrogens is 567 g/mol. The molecule has 0 spiro atoms. The number of hydrogen-bond donors (Lipinski definition) is 0. The van der Waals surface area contributed by atoms with Crippen molar-refractivity contribution in [3.8, 4) is 27.9 Å². The van der Waals surface area contributed by atoms with Gasteiger partial charge in [-0.05, 0) is 90.3 Å². The highest BCUT2D eigenvalue weighted by atomic mass is 15.0. The van der Waals surface area contributed by atoms with E-state index < -0.39 is 0 Å². The van der Waals surface area contributed by atoms with Crippen molar-refractivity contribution in [1.82, 2.24) is 4.57 Å². The molecule has 0 atom stereocenters. The molecule has 0 radical (unpaired) electrons. The summed E-state index contributed by atoms with van der Waals surface area (Å²) in [5.41, 5.74) is 8.57. The molecule has 0 bridgehead atoms. The van der Waals surface area contributed by atoms with Crippen molar-refractivity contribution in [2.45, 2.75) is 0 Å². The van der Waals surface area contributed by atoms with Crippen LogP contribution in [-0.4, -0.2) is 4.57 Å². The largest absolute Gasteiger partial charge is 0.309 e. The maximum absolute atomic E-state index is 2.45. The molecular formula is C46H29N. The molecule has 0 aliphatic rings. The second-order valence-electron chi connectivity index (χ2n) is 12.5.